The van der Waals surface area contributed by atoms with E-state index in [1.54, 1.807) is 30.3 Å². The lowest BCUT2D eigenvalue weighted by Crippen LogP contribution is -2.41. The normalized spacial score (nSPS) is 10.1. The molecule has 0 aliphatic rings. The molecule has 0 spiro atoms. The molecule has 5 nitrogen and oxygen atoms in total. The first-order valence-corrected chi connectivity index (χ1v) is 8.58. The monoisotopic (exact) mass is 359 g/mol. The number of hydrogen-bond donors (Lipinski definition) is 2. The van der Waals surface area contributed by atoms with Gasteiger partial charge in [0.05, 0.1) is 0 Å². The maximum atomic E-state index is 12.3. The summed E-state index contributed by atoms with van der Waals surface area (Å²) >= 11 is 0. The van der Waals surface area contributed by atoms with E-state index < -0.39 is 0 Å². The molecule has 3 aromatic carbocycles. The lowest BCUT2D eigenvalue weighted by molar-refractivity contribution is 0.0846. The van der Waals surface area contributed by atoms with Crippen molar-refractivity contribution in [3.05, 3.63) is 90.0 Å². The highest BCUT2D eigenvalue weighted by Crippen LogP contribution is 2.19. The van der Waals surface area contributed by atoms with Crippen molar-refractivity contribution in [1.82, 2.24) is 10.9 Å². The maximum Gasteiger partial charge on any atom is 0.269 e. The third kappa shape index (κ3) is 4.52. The average Bonchev–Trinajstić information content (AvgIpc) is 2.72. The van der Waals surface area contributed by atoms with Gasteiger partial charge >= 0.3 is 0 Å². The Morgan fingerprint density at radius 3 is 1.89 bits per heavy atom. The van der Waals surface area contributed by atoms with Crippen molar-refractivity contribution in [2.24, 2.45) is 0 Å². The van der Waals surface area contributed by atoms with Crippen LogP contribution in [-0.2, 0) is 0 Å². The molecule has 0 bridgehead atoms. The van der Waals surface area contributed by atoms with Gasteiger partial charge in [0.1, 0.15) is 0 Å². The Kier molecular flexibility index (Phi) is 5.52. The van der Waals surface area contributed by atoms with Crippen molar-refractivity contribution in [2.45, 2.75) is 0 Å². The lowest BCUT2D eigenvalue weighted by Gasteiger charge is -2.13. The number of hydrogen-bond acceptors (Lipinski definition) is 3. The second kappa shape index (κ2) is 8.19. The van der Waals surface area contributed by atoms with Gasteiger partial charge in [-0.1, -0.05) is 48.5 Å². The number of rotatable bonds is 4. The van der Waals surface area contributed by atoms with Gasteiger partial charge in [-0.2, -0.15) is 0 Å². The molecule has 3 aromatic rings. The highest BCUT2D eigenvalue weighted by molar-refractivity contribution is 5.99. The fourth-order valence-corrected chi connectivity index (χ4v) is 2.63. The predicted octanol–water partition coefficient (Wildman–Crippen LogP) is 3.49. The van der Waals surface area contributed by atoms with Crippen molar-refractivity contribution in [2.75, 3.05) is 19.0 Å². The largest absolute Gasteiger partial charge is 0.378 e. The van der Waals surface area contributed by atoms with E-state index in [0.29, 0.717) is 11.1 Å². The van der Waals surface area contributed by atoms with E-state index in [4.69, 9.17) is 0 Å². The van der Waals surface area contributed by atoms with Gasteiger partial charge in [0.2, 0.25) is 0 Å². The van der Waals surface area contributed by atoms with Gasteiger partial charge in [0, 0.05) is 30.9 Å². The third-order valence-corrected chi connectivity index (χ3v) is 4.17. The Bertz CT molecular complexity index is 935. The Labute approximate surface area is 158 Å². The van der Waals surface area contributed by atoms with Crippen molar-refractivity contribution < 1.29 is 9.59 Å². The van der Waals surface area contributed by atoms with E-state index in [9.17, 15) is 9.59 Å². The zero-order valence-electron chi connectivity index (χ0n) is 15.3. The highest BCUT2D eigenvalue weighted by Gasteiger charge is 2.10. The molecule has 0 aromatic heterocycles. The molecule has 0 unspecified atom stereocenters. The Balaban J connectivity index is 1.62. The zero-order valence-corrected chi connectivity index (χ0v) is 15.3. The number of carbonyl (C=O) groups is 2. The number of benzene rings is 3. The summed E-state index contributed by atoms with van der Waals surface area (Å²) in [4.78, 5) is 26.4. The fourth-order valence-electron chi connectivity index (χ4n) is 2.63. The third-order valence-electron chi connectivity index (χ3n) is 4.17. The van der Waals surface area contributed by atoms with E-state index in [0.717, 1.165) is 16.8 Å². The van der Waals surface area contributed by atoms with Crippen molar-refractivity contribution in [3.63, 3.8) is 0 Å². The van der Waals surface area contributed by atoms with E-state index in [-0.39, 0.29) is 11.8 Å². The van der Waals surface area contributed by atoms with Gasteiger partial charge < -0.3 is 4.90 Å². The van der Waals surface area contributed by atoms with Crippen LogP contribution in [0.4, 0.5) is 5.69 Å². The SMILES string of the molecule is CN(C)c1cccc(C(=O)NNC(=O)c2ccc(-c3ccccc3)cc2)c1. The van der Waals surface area contributed by atoms with Crippen molar-refractivity contribution in [3.8, 4) is 11.1 Å². The molecule has 27 heavy (non-hydrogen) atoms. The molecule has 5 heteroatoms. The second-order valence-electron chi connectivity index (χ2n) is 6.30. The molecule has 2 amide bonds. The maximum absolute atomic E-state index is 12.3. The number of nitrogens with zero attached hydrogens (tertiary/aromatic N) is 1. The van der Waals surface area contributed by atoms with Crippen LogP contribution in [0.1, 0.15) is 20.7 Å². The molecule has 0 saturated carbocycles. The molecule has 0 radical (unpaired) electrons. The fraction of sp³-hybridized carbons (Fsp3) is 0.0909. The predicted molar refractivity (Wildman–Crippen MR) is 108 cm³/mol. The van der Waals surface area contributed by atoms with Crippen LogP contribution in [0, 0.1) is 0 Å². The number of amides is 2. The molecular formula is C22H21N3O2. The Morgan fingerprint density at radius 1 is 0.667 bits per heavy atom. The van der Waals surface area contributed by atoms with Crippen LogP contribution in [-0.4, -0.2) is 25.9 Å². The van der Waals surface area contributed by atoms with Gasteiger partial charge in [-0.05, 0) is 41.5 Å². The standard InChI is InChI=1S/C22H21N3O2/c1-25(2)20-10-6-9-19(15-20)22(27)24-23-21(26)18-13-11-17(12-14-18)16-7-4-3-5-8-16/h3-15H,1-2H3,(H,23,26)(H,24,27). The topological polar surface area (TPSA) is 61.4 Å². The van der Waals surface area contributed by atoms with Crippen LogP contribution in [0.25, 0.3) is 11.1 Å². The number of nitrogens with one attached hydrogen (secondary N) is 2. The summed E-state index contributed by atoms with van der Waals surface area (Å²) in [7, 11) is 3.80. The number of anilines is 1. The van der Waals surface area contributed by atoms with Gasteiger partial charge in [-0.15, -0.1) is 0 Å². The molecule has 0 fully saturated rings. The zero-order chi connectivity index (χ0) is 19.2. The van der Waals surface area contributed by atoms with E-state index in [1.807, 2.05) is 67.5 Å². The van der Waals surface area contributed by atoms with E-state index >= 15 is 0 Å². The van der Waals surface area contributed by atoms with Crippen LogP contribution < -0.4 is 15.8 Å². The number of carbonyl (C=O) groups excluding carboxylic acids is 2. The lowest BCUT2D eigenvalue weighted by atomic mass is 10.0. The minimum absolute atomic E-state index is 0.368. The smallest absolute Gasteiger partial charge is 0.269 e. The van der Waals surface area contributed by atoms with Crippen LogP contribution >= 0.6 is 0 Å². The first-order chi connectivity index (χ1) is 13.0. The summed E-state index contributed by atoms with van der Waals surface area (Å²) in [5.41, 5.74) is 8.86. The van der Waals surface area contributed by atoms with Crippen LogP contribution in [0.3, 0.4) is 0 Å². The van der Waals surface area contributed by atoms with Crippen molar-refractivity contribution >= 4 is 17.5 Å². The van der Waals surface area contributed by atoms with Crippen molar-refractivity contribution in [1.29, 1.82) is 0 Å². The molecule has 0 saturated heterocycles. The summed E-state index contributed by atoms with van der Waals surface area (Å²) in [6.45, 7) is 0. The summed E-state index contributed by atoms with van der Waals surface area (Å²) in [5, 5.41) is 0. The highest BCUT2D eigenvalue weighted by atomic mass is 16.2. The quantitative estimate of drug-likeness (QED) is 0.701. The number of hydrazine groups is 1. The van der Waals surface area contributed by atoms with Gasteiger partial charge in [-0.3, -0.25) is 20.4 Å². The molecule has 136 valence electrons. The molecule has 0 aliphatic carbocycles. The van der Waals surface area contributed by atoms with Crippen LogP contribution in [0.2, 0.25) is 0 Å². The summed E-state index contributed by atoms with van der Waals surface area (Å²) in [6, 6.07) is 24.3. The summed E-state index contributed by atoms with van der Waals surface area (Å²) in [5.74, 6) is -0.736. The summed E-state index contributed by atoms with van der Waals surface area (Å²) < 4.78 is 0. The molecule has 3 rings (SSSR count). The van der Waals surface area contributed by atoms with E-state index in [1.165, 1.54) is 0 Å². The molecule has 0 heterocycles. The minimum atomic E-state index is -0.369. The van der Waals surface area contributed by atoms with Crippen LogP contribution in [0.5, 0.6) is 0 Å². The Hall–Kier alpha value is -3.60. The Morgan fingerprint density at radius 2 is 1.26 bits per heavy atom. The summed E-state index contributed by atoms with van der Waals surface area (Å²) in [6.07, 6.45) is 0. The van der Waals surface area contributed by atoms with Crippen LogP contribution in [0.15, 0.2) is 78.9 Å². The molecule has 2 N–H and O–H groups in total. The molecule has 0 atom stereocenters. The van der Waals surface area contributed by atoms with Gasteiger partial charge in [0.25, 0.3) is 11.8 Å². The first kappa shape index (κ1) is 18.2. The second-order valence-corrected chi connectivity index (χ2v) is 6.30. The average molecular weight is 359 g/mol. The minimum Gasteiger partial charge on any atom is -0.378 e. The van der Waals surface area contributed by atoms with E-state index in [2.05, 4.69) is 10.9 Å². The molecule has 0 aliphatic heterocycles. The van der Waals surface area contributed by atoms with Gasteiger partial charge in [-0.25, -0.2) is 0 Å². The first-order valence-electron chi connectivity index (χ1n) is 8.58. The van der Waals surface area contributed by atoms with Gasteiger partial charge in [0.15, 0.2) is 0 Å². The molecular weight excluding hydrogens is 338 g/mol.